The zero-order valence-corrected chi connectivity index (χ0v) is 12.5. The van der Waals surface area contributed by atoms with Crippen LogP contribution >= 0.6 is 0 Å². The molecule has 0 radical (unpaired) electrons. The zero-order chi connectivity index (χ0) is 15.3. The quantitative estimate of drug-likeness (QED) is 0.784. The molecule has 1 aliphatic rings. The molecule has 0 aromatic heterocycles. The number of nitrogens with one attached hydrogen (secondary N) is 1. The summed E-state index contributed by atoms with van der Waals surface area (Å²) >= 11 is 0. The summed E-state index contributed by atoms with van der Waals surface area (Å²) in [6, 6.07) is 8.45. The standard InChI is InChI=1S/C17H24F3N/c1-13(14-8-4-2-5-9-14)21-16(12-17(18,19)20)15-10-6-3-7-11-15/h3,6-7,10-11,13-14,16,21H,2,4-5,8-9,12H2,1H3/t13-,16?/m1/s1. The first-order valence-electron chi connectivity index (χ1n) is 7.83. The van der Waals surface area contributed by atoms with E-state index in [9.17, 15) is 13.2 Å². The molecule has 1 N–H and O–H groups in total. The van der Waals surface area contributed by atoms with Crippen LogP contribution in [0, 0.1) is 5.92 Å². The van der Waals surface area contributed by atoms with E-state index < -0.39 is 18.6 Å². The van der Waals surface area contributed by atoms with Gasteiger partial charge in [0.05, 0.1) is 6.42 Å². The van der Waals surface area contributed by atoms with Gasteiger partial charge >= 0.3 is 6.18 Å². The summed E-state index contributed by atoms with van der Waals surface area (Å²) in [5.41, 5.74) is 0.720. The third-order valence-electron chi connectivity index (χ3n) is 4.46. The molecular weight excluding hydrogens is 275 g/mol. The maximum Gasteiger partial charge on any atom is 0.390 e. The highest BCUT2D eigenvalue weighted by Gasteiger charge is 2.34. The van der Waals surface area contributed by atoms with Crippen LogP contribution in [0.1, 0.15) is 57.1 Å². The van der Waals surface area contributed by atoms with Crippen LogP contribution in [0.25, 0.3) is 0 Å². The average Bonchev–Trinajstić information content (AvgIpc) is 2.47. The second kappa shape index (κ2) is 7.30. The molecule has 0 bridgehead atoms. The van der Waals surface area contributed by atoms with E-state index >= 15 is 0 Å². The van der Waals surface area contributed by atoms with Crippen LogP contribution in [0.2, 0.25) is 0 Å². The summed E-state index contributed by atoms with van der Waals surface area (Å²) in [6.45, 7) is 2.03. The molecule has 0 amide bonds. The maximum absolute atomic E-state index is 12.8. The number of hydrogen-bond acceptors (Lipinski definition) is 1. The minimum Gasteiger partial charge on any atom is -0.307 e. The fraction of sp³-hybridized carbons (Fsp3) is 0.647. The normalized spacial score (nSPS) is 20.2. The fourth-order valence-corrected chi connectivity index (χ4v) is 3.28. The summed E-state index contributed by atoms with van der Waals surface area (Å²) in [7, 11) is 0. The Morgan fingerprint density at radius 2 is 1.71 bits per heavy atom. The first-order chi connectivity index (χ1) is 9.96. The Kier molecular flexibility index (Phi) is 5.68. The SMILES string of the molecule is C[C@@H](NC(CC(F)(F)F)c1ccccc1)C1CCCCC1. The Hall–Kier alpha value is -1.03. The summed E-state index contributed by atoms with van der Waals surface area (Å²) in [4.78, 5) is 0. The molecule has 1 fully saturated rings. The smallest absolute Gasteiger partial charge is 0.307 e. The Labute approximate surface area is 124 Å². The average molecular weight is 299 g/mol. The number of hydrogen-bond donors (Lipinski definition) is 1. The molecule has 1 aromatic carbocycles. The lowest BCUT2D eigenvalue weighted by Gasteiger charge is -2.32. The van der Waals surface area contributed by atoms with E-state index in [1.807, 2.05) is 13.0 Å². The molecule has 0 heterocycles. The van der Waals surface area contributed by atoms with E-state index in [4.69, 9.17) is 0 Å². The molecule has 1 aliphatic carbocycles. The lowest BCUT2D eigenvalue weighted by atomic mass is 9.84. The Bertz CT molecular complexity index is 410. The summed E-state index contributed by atoms with van der Waals surface area (Å²) in [5.74, 6) is 0.498. The summed E-state index contributed by atoms with van der Waals surface area (Å²) in [5, 5.41) is 3.24. The second-order valence-corrected chi connectivity index (χ2v) is 6.14. The van der Waals surface area contributed by atoms with Crippen LogP contribution < -0.4 is 5.32 Å². The monoisotopic (exact) mass is 299 g/mol. The third kappa shape index (κ3) is 5.34. The minimum atomic E-state index is -4.15. The topological polar surface area (TPSA) is 12.0 Å². The van der Waals surface area contributed by atoms with Crippen molar-refractivity contribution in [3.63, 3.8) is 0 Å². The Morgan fingerprint density at radius 1 is 1.10 bits per heavy atom. The van der Waals surface area contributed by atoms with Gasteiger partial charge in [0.2, 0.25) is 0 Å². The van der Waals surface area contributed by atoms with Gasteiger partial charge in [0.15, 0.2) is 0 Å². The van der Waals surface area contributed by atoms with Crippen molar-refractivity contribution in [2.75, 3.05) is 0 Å². The van der Waals surface area contributed by atoms with Crippen molar-refractivity contribution in [1.82, 2.24) is 5.32 Å². The molecule has 0 spiro atoms. The van der Waals surface area contributed by atoms with Crippen LogP contribution in [-0.4, -0.2) is 12.2 Å². The molecule has 1 saturated carbocycles. The van der Waals surface area contributed by atoms with Gasteiger partial charge in [-0.15, -0.1) is 0 Å². The van der Waals surface area contributed by atoms with Crippen molar-refractivity contribution >= 4 is 0 Å². The van der Waals surface area contributed by atoms with Gasteiger partial charge in [0.25, 0.3) is 0 Å². The molecule has 118 valence electrons. The highest BCUT2D eigenvalue weighted by atomic mass is 19.4. The minimum absolute atomic E-state index is 0.123. The predicted molar refractivity (Wildman–Crippen MR) is 79.0 cm³/mol. The Balaban J connectivity index is 2.04. The molecular formula is C17H24F3N. The molecule has 1 unspecified atom stereocenters. The number of rotatable bonds is 5. The van der Waals surface area contributed by atoms with Gasteiger partial charge in [-0.25, -0.2) is 0 Å². The lowest BCUT2D eigenvalue weighted by Crippen LogP contribution is -2.39. The van der Waals surface area contributed by atoms with Gasteiger partial charge in [-0.3, -0.25) is 0 Å². The van der Waals surface area contributed by atoms with Gasteiger partial charge in [0.1, 0.15) is 0 Å². The largest absolute Gasteiger partial charge is 0.390 e. The molecule has 1 aromatic rings. The van der Waals surface area contributed by atoms with Crippen molar-refractivity contribution < 1.29 is 13.2 Å². The van der Waals surface area contributed by atoms with E-state index in [2.05, 4.69) is 5.32 Å². The van der Waals surface area contributed by atoms with Crippen molar-refractivity contribution in [3.8, 4) is 0 Å². The van der Waals surface area contributed by atoms with Crippen molar-refractivity contribution in [1.29, 1.82) is 0 Å². The van der Waals surface area contributed by atoms with Crippen LogP contribution in [0.3, 0.4) is 0 Å². The van der Waals surface area contributed by atoms with Crippen molar-refractivity contribution in [2.45, 2.75) is 63.7 Å². The van der Waals surface area contributed by atoms with Gasteiger partial charge in [-0.2, -0.15) is 13.2 Å². The zero-order valence-electron chi connectivity index (χ0n) is 12.5. The summed E-state index contributed by atoms with van der Waals surface area (Å²) in [6.07, 6.45) is 0.947. The predicted octanol–water partition coefficient (Wildman–Crippen LogP) is 5.24. The molecule has 2 rings (SSSR count). The van der Waals surface area contributed by atoms with E-state index in [0.717, 1.165) is 18.4 Å². The third-order valence-corrected chi connectivity index (χ3v) is 4.46. The molecule has 2 atom stereocenters. The highest BCUT2D eigenvalue weighted by molar-refractivity contribution is 5.19. The van der Waals surface area contributed by atoms with Crippen molar-refractivity contribution in [3.05, 3.63) is 35.9 Å². The van der Waals surface area contributed by atoms with E-state index in [-0.39, 0.29) is 6.04 Å². The first kappa shape index (κ1) is 16.3. The fourth-order valence-electron chi connectivity index (χ4n) is 3.28. The van der Waals surface area contributed by atoms with E-state index in [1.54, 1.807) is 24.3 Å². The number of alkyl halides is 3. The van der Waals surface area contributed by atoms with Gasteiger partial charge < -0.3 is 5.32 Å². The van der Waals surface area contributed by atoms with E-state index in [1.165, 1.54) is 19.3 Å². The number of halogens is 3. The molecule has 0 saturated heterocycles. The highest BCUT2D eigenvalue weighted by Crippen LogP contribution is 2.32. The Morgan fingerprint density at radius 3 is 2.29 bits per heavy atom. The summed E-state index contributed by atoms with van der Waals surface area (Å²) < 4.78 is 38.5. The van der Waals surface area contributed by atoms with Gasteiger partial charge in [-0.1, -0.05) is 49.6 Å². The molecule has 1 nitrogen and oxygen atoms in total. The van der Waals surface area contributed by atoms with Crippen LogP contribution in [0.4, 0.5) is 13.2 Å². The van der Waals surface area contributed by atoms with Crippen LogP contribution in [-0.2, 0) is 0 Å². The van der Waals surface area contributed by atoms with E-state index in [0.29, 0.717) is 5.92 Å². The lowest BCUT2D eigenvalue weighted by molar-refractivity contribution is -0.141. The van der Waals surface area contributed by atoms with Gasteiger partial charge in [0, 0.05) is 12.1 Å². The maximum atomic E-state index is 12.8. The van der Waals surface area contributed by atoms with Crippen molar-refractivity contribution in [2.24, 2.45) is 5.92 Å². The van der Waals surface area contributed by atoms with Gasteiger partial charge in [-0.05, 0) is 31.2 Å². The second-order valence-electron chi connectivity index (χ2n) is 6.14. The molecule has 21 heavy (non-hydrogen) atoms. The first-order valence-corrected chi connectivity index (χ1v) is 7.83. The number of benzene rings is 1. The van der Waals surface area contributed by atoms with Crippen LogP contribution in [0.5, 0.6) is 0 Å². The van der Waals surface area contributed by atoms with Crippen LogP contribution in [0.15, 0.2) is 30.3 Å². The molecule has 4 heteroatoms. The molecule has 0 aliphatic heterocycles.